The van der Waals surface area contributed by atoms with E-state index in [1.54, 1.807) is 19.1 Å². The molecule has 5 heteroatoms. The van der Waals surface area contributed by atoms with Gasteiger partial charge in [-0.05, 0) is 25.1 Å². The van der Waals surface area contributed by atoms with Crippen LogP contribution in [0.25, 0.3) is 0 Å². The molecule has 1 rings (SSSR count). The predicted octanol–water partition coefficient (Wildman–Crippen LogP) is 1.20. The molecule has 2 atom stereocenters. The van der Waals surface area contributed by atoms with Gasteiger partial charge in [-0.15, -0.1) is 12.4 Å². The number of aromatic hydroxyl groups is 1. The molecule has 15 heavy (non-hydrogen) atoms. The van der Waals surface area contributed by atoms with Crippen LogP contribution in [0.4, 0.5) is 0 Å². The minimum Gasteiger partial charge on any atom is -0.508 e. The van der Waals surface area contributed by atoms with Crippen molar-refractivity contribution in [2.45, 2.75) is 19.1 Å². The summed E-state index contributed by atoms with van der Waals surface area (Å²) in [7, 11) is 1.53. The maximum Gasteiger partial charge on any atom is 0.120 e. The van der Waals surface area contributed by atoms with Gasteiger partial charge in [0.1, 0.15) is 11.5 Å². The van der Waals surface area contributed by atoms with Crippen molar-refractivity contribution in [3.63, 3.8) is 0 Å². The minimum absolute atomic E-state index is 0. The quantitative estimate of drug-likeness (QED) is 0.734. The van der Waals surface area contributed by atoms with Crippen LogP contribution in [0.3, 0.4) is 0 Å². The first kappa shape index (κ1) is 14.0. The van der Waals surface area contributed by atoms with Crippen LogP contribution < -0.4 is 10.5 Å². The first-order valence-electron chi connectivity index (χ1n) is 4.36. The van der Waals surface area contributed by atoms with E-state index in [1.165, 1.54) is 13.2 Å². The van der Waals surface area contributed by atoms with Gasteiger partial charge in [0.05, 0.1) is 19.3 Å². The van der Waals surface area contributed by atoms with E-state index in [1.807, 2.05) is 0 Å². The number of methoxy groups -OCH3 is 1. The van der Waals surface area contributed by atoms with Crippen LogP contribution in [0.5, 0.6) is 11.5 Å². The summed E-state index contributed by atoms with van der Waals surface area (Å²) in [4.78, 5) is 0. The lowest BCUT2D eigenvalue weighted by atomic mass is 10.0. The van der Waals surface area contributed by atoms with Gasteiger partial charge in [0.25, 0.3) is 0 Å². The molecule has 86 valence electrons. The summed E-state index contributed by atoms with van der Waals surface area (Å²) in [5.74, 6) is 0.674. The molecule has 0 aliphatic heterocycles. The molecule has 0 aliphatic rings. The molecular formula is C10H16ClNO3. The lowest BCUT2D eigenvalue weighted by Crippen LogP contribution is -2.23. The number of aliphatic hydroxyl groups excluding tert-OH is 1. The van der Waals surface area contributed by atoms with Crippen LogP contribution in [-0.2, 0) is 0 Å². The lowest BCUT2D eigenvalue weighted by Gasteiger charge is -2.17. The topological polar surface area (TPSA) is 75.7 Å². The predicted molar refractivity (Wildman–Crippen MR) is 60.5 cm³/mol. The van der Waals surface area contributed by atoms with Crippen molar-refractivity contribution in [2.75, 3.05) is 7.11 Å². The highest BCUT2D eigenvalue weighted by molar-refractivity contribution is 5.85. The Labute approximate surface area is 95.1 Å². The van der Waals surface area contributed by atoms with Gasteiger partial charge in [0.2, 0.25) is 0 Å². The number of hydrogen-bond donors (Lipinski definition) is 3. The Kier molecular flexibility index (Phi) is 5.43. The number of rotatable bonds is 3. The third-order valence-corrected chi connectivity index (χ3v) is 2.11. The van der Waals surface area contributed by atoms with Gasteiger partial charge < -0.3 is 20.7 Å². The summed E-state index contributed by atoms with van der Waals surface area (Å²) in [5.41, 5.74) is 6.18. The molecule has 0 radical (unpaired) electrons. The molecule has 4 N–H and O–H groups in total. The third kappa shape index (κ3) is 3.27. The summed E-state index contributed by atoms with van der Waals surface area (Å²) in [6.07, 6.45) is -0.715. The first-order valence-corrected chi connectivity index (χ1v) is 4.36. The molecule has 0 spiro atoms. The van der Waals surface area contributed by atoms with E-state index in [0.29, 0.717) is 11.3 Å². The average Bonchev–Trinajstić information content (AvgIpc) is 2.17. The fraction of sp³-hybridized carbons (Fsp3) is 0.400. The van der Waals surface area contributed by atoms with E-state index in [-0.39, 0.29) is 18.2 Å². The van der Waals surface area contributed by atoms with Crippen molar-refractivity contribution in [3.8, 4) is 11.5 Å². The van der Waals surface area contributed by atoms with Gasteiger partial charge in [-0.3, -0.25) is 0 Å². The highest BCUT2D eigenvalue weighted by Gasteiger charge is 2.16. The van der Waals surface area contributed by atoms with Gasteiger partial charge in [0.15, 0.2) is 0 Å². The normalized spacial score (nSPS) is 13.9. The molecular weight excluding hydrogens is 218 g/mol. The Morgan fingerprint density at radius 2 is 2.00 bits per heavy atom. The summed E-state index contributed by atoms with van der Waals surface area (Å²) in [5, 5.41) is 18.8. The van der Waals surface area contributed by atoms with Crippen molar-refractivity contribution in [1.29, 1.82) is 0 Å². The van der Waals surface area contributed by atoms with Crippen molar-refractivity contribution in [2.24, 2.45) is 5.73 Å². The van der Waals surface area contributed by atoms with E-state index >= 15 is 0 Å². The SMILES string of the molecule is COc1ccc(O)c([C@H](N)[C@@H](C)O)c1.Cl. The molecule has 0 saturated carbocycles. The molecule has 0 heterocycles. The number of phenols is 1. The van der Waals surface area contributed by atoms with Gasteiger partial charge in [-0.25, -0.2) is 0 Å². The zero-order valence-electron chi connectivity index (χ0n) is 8.68. The van der Waals surface area contributed by atoms with E-state index in [2.05, 4.69) is 0 Å². The largest absolute Gasteiger partial charge is 0.508 e. The van der Waals surface area contributed by atoms with E-state index < -0.39 is 12.1 Å². The molecule has 0 bridgehead atoms. The maximum atomic E-state index is 9.50. The van der Waals surface area contributed by atoms with Gasteiger partial charge in [0, 0.05) is 5.56 Å². The lowest BCUT2D eigenvalue weighted by molar-refractivity contribution is 0.162. The number of hydrogen-bond acceptors (Lipinski definition) is 4. The second-order valence-electron chi connectivity index (χ2n) is 3.19. The van der Waals surface area contributed by atoms with Crippen molar-refractivity contribution >= 4 is 12.4 Å². The molecule has 1 aromatic rings. The van der Waals surface area contributed by atoms with E-state index in [0.717, 1.165) is 0 Å². The smallest absolute Gasteiger partial charge is 0.120 e. The highest BCUT2D eigenvalue weighted by Crippen LogP contribution is 2.28. The number of benzene rings is 1. The number of halogens is 1. The number of ether oxygens (including phenoxy) is 1. The zero-order valence-corrected chi connectivity index (χ0v) is 9.49. The van der Waals surface area contributed by atoms with Crippen LogP contribution in [0, 0.1) is 0 Å². The van der Waals surface area contributed by atoms with E-state index in [9.17, 15) is 10.2 Å². The first-order chi connectivity index (χ1) is 6.56. The average molecular weight is 234 g/mol. The van der Waals surface area contributed by atoms with Gasteiger partial charge in [-0.2, -0.15) is 0 Å². The van der Waals surface area contributed by atoms with Crippen LogP contribution in [-0.4, -0.2) is 23.4 Å². The molecule has 0 amide bonds. The second-order valence-corrected chi connectivity index (χ2v) is 3.19. The van der Waals surface area contributed by atoms with Crippen molar-refractivity contribution in [1.82, 2.24) is 0 Å². The number of phenolic OH excluding ortho intramolecular Hbond substituents is 1. The second kappa shape index (κ2) is 5.80. The minimum atomic E-state index is -0.715. The Bertz CT molecular complexity index is 318. The number of aliphatic hydroxyl groups is 1. The Hall–Kier alpha value is -0.970. The highest BCUT2D eigenvalue weighted by atomic mass is 35.5. The van der Waals surface area contributed by atoms with Crippen LogP contribution in [0.1, 0.15) is 18.5 Å². The van der Waals surface area contributed by atoms with Crippen LogP contribution in [0.15, 0.2) is 18.2 Å². The fourth-order valence-corrected chi connectivity index (χ4v) is 1.19. The Morgan fingerprint density at radius 1 is 1.40 bits per heavy atom. The summed E-state index contributed by atoms with van der Waals surface area (Å²) in [6.45, 7) is 1.57. The molecule has 0 aromatic heterocycles. The molecule has 4 nitrogen and oxygen atoms in total. The maximum absolute atomic E-state index is 9.50. The molecule has 0 saturated heterocycles. The number of nitrogens with two attached hydrogens (primary N) is 1. The van der Waals surface area contributed by atoms with Crippen molar-refractivity contribution < 1.29 is 14.9 Å². The molecule has 0 aliphatic carbocycles. The summed E-state index contributed by atoms with van der Waals surface area (Å²) >= 11 is 0. The van der Waals surface area contributed by atoms with Crippen LogP contribution >= 0.6 is 12.4 Å². The summed E-state index contributed by atoms with van der Waals surface area (Å²) in [6, 6.07) is 4.14. The summed E-state index contributed by atoms with van der Waals surface area (Å²) < 4.78 is 4.99. The monoisotopic (exact) mass is 233 g/mol. The van der Waals surface area contributed by atoms with Crippen molar-refractivity contribution in [3.05, 3.63) is 23.8 Å². The molecule has 1 aromatic carbocycles. The van der Waals surface area contributed by atoms with Gasteiger partial charge >= 0.3 is 0 Å². The van der Waals surface area contributed by atoms with Crippen LogP contribution in [0.2, 0.25) is 0 Å². The molecule has 0 fully saturated rings. The Balaban J connectivity index is 0.00000196. The molecule has 0 unspecified atom stereocenters. The fourth-order valence-electron chi connectivity index (χ4n) is 1.19. The zero-order chi connectivity index (χ0) is 10.7. The van der Waals surface area contributed by atoms with E-state index in [4.69, 9.17) is 10.5 Å². The Morgan fingerprint density at radius 3 is 2.47 bits per heavy atom. The third-order valence-electron chi connectivity index (χ3n) is 2.11. The van der Waals surface area contributed by atoms with Gasteiger partial charge in [-0.1, -0.05) is 0 Å². The standard InChI is InChI=1S/C10H15NO3.ClH/c1-6(12)10(11)8-5-7(14-2)3-4-9(8)13;/h3-6,10,12-13H,11H2,1-2H3;1H/t6-,10-;/m1./s1.